The third-order valence-electron chi connectivity index (χ3n) is 3.51. The fraction of sp³-hybridized carbons (Fsp3) is 0.333. The van der Waals surface area contributed by atoms with E-state index in [1.807, 2.05) is 18.2 Å². The fourth-order valence-electron chi connectivity index (χ4n) is 2.59. The number of hydrogen-bond acceptors (Lipinski definition) is 3. The highest BCUT2D eigenvalue weighted by atomic mass is 16.1. The van der Waals surface area contributed by atoms with Crippen molar-refractivity contribution in [2.24, 2.45) is 0 Å². The average molecular weight is 255 g/mol. The lowest BCUT2D eigenvalue weighted by atomic mass is 10.1. The predicted molar refractivity (Wildman–Crippen MR) is 77.5 cm³/mol. The van der Waals surface area contributed by atoms with Gasteiger partial charge in [0.05, 0.1) is 23.1 Å². The standard InChI is InChI=1S/C15H17N3O/c1-10(2)18-8-7-14(19)17-13-9-16-12-6-4-3-5-11(12)15(13)18/h3-6,9-10H,7-8H2,1-2H3,(H,17,19). The van der Waals surface area contributed by atoms with Crippen molar-refractivity contribution in [1.29, 1.82) is 0 Å². The Morgan fingerprint density at radius 2 is 2.11 bits per heavy atom. The van der Waals surface area contributed by atoms with Gasteiger partial charge in [-0.25, -0.2) is 0 Å². The number of aromatic nitrogens is 1. The van der Waals surface area contributed by atoms with Crippen LogP contribution in [-0.2, 0) is 4.79 Å². The van der Waals surface area contributed by atoms with Gasteiger partial charge in [0.25, 0.3) is 0 Å². The van der Waals surface area contributed by atoms with E-state index in [1.165, 1.54) is 0 Å². The second-order valence-electron chi connectivity index (χ2n) is 5.12. The van der Waals surface area contributed by atoms with Crippen LogP contribution in [0.25, 0.3) is 10.9 Å². The first-order valence-corrected chi connectivity index (χ1v) is 6.61. The summed E-state index contributed by atoms with van der Waals surface area (Å²) >= 11 is 0. The van der Waals surface area contributed by atoms with Crippen LogP contribution in [0.1, 0.15) is 20.3 Å². The highest BCUT2D eigenvalue weighted by Crippen LogP contribution is 2.36. The fourth-order valence-corrected chi connectivity index (χ4v) is 2.59. The molecule has 0 aliphatic carbocycles. The van der Waals surface area contributed by atoms with Crippen molar-refractivity contribution >= 4 is 28.2 Å². The van der Waals surface area contributed by atoms with Crippen LogP contribution in [0.3, 0.4) is 0 Å². The molecule has 1 N–H and O–H groups in total. The monoisotopic (exact) mass is 255 g/mol. The largest absolute Gasteiger partial charge is 0.366 e. The highest BCUT2D eigenvalue weighted by Gasteiger charge is 2.23. The van der Waals surface area contributed by atoms with Gasteiger partial charge in [0.2, 0.25) is 5.91 Å². The summed E-state index contributed by atoms with van der Waals surface area (Å²) < 4.78 is 0. The third-order valence-corrected chi connectivity index (χ3v) is 3.51. The van der Waals surface area contributed by atoms with E-state index in [4.69, 9.17) is 0 Å². The number of carbonyl (C=O) groups excluding carboxylic acids is 1. The number of para-hydroxylation sites is 1. The quantitative estimate of drug-likeness (QED) is 0.852. The molecule has 0 spiro atoms. The van der Waals surface area contributed by atoms with Crippen LogP contribution in [0.2, 0.25) is 0 Å². The van der Waals surface area contributed by atoms with Gasteiger partial charge in [0, 0.05) is 24.4 Å². The summed E-state index contributed by atoms with van der Waals surface area (Å²) in [5.74, 6) is 0.0569. The Bertz CT molecular complexity index is 636. The van der Waals surface area contributed by atoms with Gasteiger partial charge in [-0.2, -0.15) is 0 Å². The molecule has 4 nitrogen and oxygen atoms in total. The maximum Gasteiger partial charge on any atom is 0.226 e. The number of anilines is 2. The van der Waals surface area contributed by atoms with Crippen molar-refractivity contribution in [1.82, 2.24) is 4.98 Å². The molecule has 0 saturated carbocycles. The summed E-state index contributed by atoms with van der Waals surface area (Å²) in [7, 11) is 0. The van der Waals surface area contributed by atoms with E-state index < -0.39 is 0 Å². The van der Waals surface area contributed by atoms with E-state index in [0.29, 0.717) is 12.5 Å². The van der Waals surface area contributed by atoms with Gasteiger partial charge in [-0.3, -0.25) is 9.78 Å². The van der Waals surface area contributed by atoms with E-state index in [0.717, 1.165) is 28.8 Å². The smallest absolute Gasteiger partial charge is 0.226 e. The molecule has 2 heterocycles. The molecule has 0 unspecified atom stereocenters. The molecule has 1 aromatic carbocycles. The molecule has 3 rings (SSSR count). The molecule has 2 aromatic rings. The van der Waals surface area contributed by atoms with E-state index in [2.05, 4.69) is 35.1 Å². The maximum atomic E-state index is 11.8. The number of amides is 1. The molecule has 0 saturated heterocycles. The minimum atomic E-state index is 0.0569. The topological polar surface area (TPSA) is 45.2 Å². The van der Waals surface area contributed by atoms with Crippen molar-refractivity contribution in [2.45, 2.75) is 26.3 Å². The molecule has 19 heavy (non-hydrogen) atoms. The third kappa shape index (κ3) is 2.03. The number of benzene rings is 1. The summed E-state index contributed by atoms with van der Waals surface area (Å²) in [6.45, 7) is 5.04. The van der Waals surface area contributed by atoms with Crippen LogP contribution in [0.4, 0.5) is 11.4 Å². The zero-order chi connectivity index (χ0) is 13.4. The summed E-state index contributed by atoms with van der Waals surface area (Å²) in [4.78, 5) is 18.5. The Morgan fingerprint density at radius 3 is 2.89 bits per heavy atom. The van der Waals surface area contributed by atoms with Crippen molar-refractivity contribution in [3.05, 3.63) is 30.5 Å². The first kappa shape index (κ1) is 12.0. The van der Waals surface area contributed by atoms with Gasteiger partial charge >= 0.3 is 0 Å². The van der Waals surface area contributed by atoms with Gasteiger partial charge in [0.15, 0.2) is 0 Å². The Hall–Kier alpha value is -2.10. The molecule has 1 amide bonds. The number of hydrogen-bond donors (Lipinski definition) is 1. The van der Waals surface area contributed by atoms with Crippen molar-refractivity contribution in [3.63, 3.8) is 0 Å². The molecule has 98 valence electrons. The van der Waals surface area contributed by atoms with Crippen LogP contribution in [-0.4, -0.2) is 23.5 Å². The number of nitrogens with zero attached hydrogens (tertiary/aromatic N) is 2. The van der Waals surface area contributed by atoms with Crippen LogP contribution < -0.4 is 10.2 Å². The van der Waals surface area contributed by atoms with Gasteiger partial charge in [-0.05, 0) is 19.9 Å². The first-order valence-electron chi connectivity index (χ1n) is 6.61. The number of rotatable bonds is 1. The SMILES string of the molecule is CC(C)N1CCC(=O)Nc2cnc3ccccc3c21. The summed E-state index contributed by atoms with van der Waals surface area (Å²) in [5.41, 5.74) is 2.87. The molecule has 1 aromatic heterocycles. The highest BCUT2D eigenvalue weighted by molar-refractivity contribution is 6.04. The van der Waals surface area contributed by atoms with Gasteiger partial charge < -0.3 is 10.2 Å². The molecule has 0 atom stereocenters. The van der Waals surface area contributed by atoms with E-state index in [1.54, 1.807) is 6.20 Å². The van der Waals surface area contributed by atoms with Crippen molar-refractivity contribution in [3.8, 4) is 0 Å². The molecular weight excluding hydrogens is 238 g/mol. The Morgan fingerprint density at radius 1 is 1.32 bits per heavy atom. The van der Waals surface area contributed by atoms with Crippen LogP contribution in [0.5, 0.6) is 0 Å². The Kier molecular flexibility index (Phi) is 2.85. The lowest BCUT2D eigenvalue weighted by Gasteiger charge is -2.29. The predicted octanol–water partition coefficient (Wildman–Crippen LogP) is 2.79. The zero-order valence-corrected chi connectivity index (χ0v) is 11.2. The van der Waals surface area contributed by atoms with E-state index >= 15 is 0 Å². The number of pyridine rings is 1. The summed E-state index contributed by atoms with van der Waals surface area (Å²) in [5, 5.41) is 4.05. The molecule has 0 bridgehead atoms. The van der Waals surface area contributed by atoms with E-state index in [9.17, 15) is 4.79 Å². The molecule has 1 aliphatic heterocycles. The molecule has 0 fully saturated rings. The number of nitrogens with one attached hydrogen (secondary N) is 1. The van der Waals surface area contributed by atoms with E-state index in [-0.39, 0.29) is 5.91 Å². The summed E-state index contributed by atoms with van der Waals surface area (Å²) in [6, 6.07) is 8.40. The van der Waals surface area contributed by atoms with Gasteiger partial charge in [-0.15, -0.1) is 0 Å². The number of fused-ring (bicyclic) bond motifs is 3. The van der Waals surface area contributed by atoms with Crippen LogP contribution >= 0.6 is 0 Å². The van der Waals surface area contributed by atoms with Crippen LogP contribution in [0.15, 0.2) is 30.5 Å². The second-order valence-corrected chi connectivity index (χ2v) is 5.12. The van der Waals surface area contributed by atoms with Crippen LogP contribution in [0, 0.1) is 0 Å². The Labute approximate surface area is 112 Å². The maximum absolute atomic E-state index is 11.8. The minimum absolute atomic E-state index is 0.0569. The molecule has 1 aliphatic rings. The first-order chi connectivity index (χ1) is 9.16. The Balaban J connectivity index is 2.28. The second kappa shape index (κ2) is 4.53. The van der Waals surface area contributed by atoms with Crippen molar-refractivity contribution < 1.29 is 4.79 Å². The zero-order valence-electron chi connectivity index (χ0n) is 11.2. The molecule has 0 radical (unpaired) electrons. The number of carbonyl (C=O) groups is 1. The normalized spacial score (nSPS) is 15.3. The average Bonchev–Trinajstić information content (AvgIpc) is 2.57. The summed E-state index contributed by atoms with van der Waals surface area (Å²) in [6.07, 6.45) is 2.28. The van der Waals surface area contributed by atoms with Gasteiger partial charge in [0.1, 0.15) is 0 Å². The molecular formula is C15H17N3O. The van der Waals surface area contributed by atoms with Gasteiger partial charge in [-0.1, -0.05) is 18.2 Å². The minimum Gasteiger partial charge on any atom is -0.366 e. The molecule has 4 heteroatoms. The van der Waals surface area contributed by atoms with Crippen molar-refractivity contribution in [2.75, 3.05) is 16.8 Å². The lowest BCUT2D eigenvalue weighted by molar-refractivity contribution is -0.115. The lowest BCUT2D eigenvalue weighted by Crippen LogP contribution is -2.31.